The Bertz CT molecular complexity index is 823. The highest BCUT2D eigenvalue weighted by molar-refractivity contribution is 5.97. The first-order valence-corrected chi connectivity index (χ1v) is 8.36. The van der Waals surface area contributed by atoms with Crippen LogP contribution in [-0.4, -0.2) is 42.6 Å². The number of hydrogen-bond donors (Lipinski definition) is 0. The number of ether oxygens (including phenoxy) is 2. The molecule has 1 saturated heterocycles. The van der Waals surface area contributed by atoms with E-state index in [0.29, 0.717) is 5.56 Å². The average Bonchev–Trinajstić information content (AvgIpc) is 3.06. The van der Waals surface area contributed by atoms with E-state index in [1.54, 1.807) is 30.3 Å². The number of hydrogen-bond acceptors (Lipinski definition) is 4. The van der Waals surface area contributed by atoms with E-state index in [-0.39, 0.29) is 24.6 Å². The number of rotatable bonds is 4. The first kappa shape index (κ1) is 17.9. The molecule has 3 rings (SSSR count). The van der Waals surface area contributed by atoms with Crippen LogP contribution in [0.1, 0.15) is 22.3 Å². The molecule has 136 valence electrons. The van der Waals surface area contributed by atoms with Crippen molar-refractivity contribution in [1.82, 2.24) is 4.90 Å². The van der Waals surface area contributed by atoms with Gasteiger partial charge in [0, 0.05) is 12.0 Å². The summed E-state index contributed by atoms with van der Waals surface area (Å²) >= 11 is 0. The van der Waals surface area contributed by atoms with Gasteiger partial charge in [0.25, 0.3) is 5.91 Å². The van der Waals surface area contributed by atoms with Gasteiger partial charge in [-0.25, -0.2) is 9.18 Å². The third-order valence-electron chi connectivity index (χ3n) is 4.39. The third kappa shape index (κ3) is 3.69. The van der Waals surface area contributed by atoms with Gasteiger partial charge in [-0.05, 0) is 31.2 Å². The predicted molar refractivity (Wildman–Crippen MR) is 93.5 cm³/mol. The molecule has 2 aromatic carbocycles. The smallest absolute Gasteiger partial charge is 0.328 e. The number of nitrogens with zero attached hydrogens (tertiary/aromatic N) is 1. The molecule has 0 saturated carbocycles. The minimum absolute atomic E-state index is 0.103. The molecule has 6 heteroatoms. The van der Waals surface area contributed by atoms with Crippen molar-refractivity contribution in [2.24, 2.45) is 0 Å². The summed E-state index contributed by atoms with van der Waals surface area (Å²) in [5.74, 6) is -1.16. The Morgan fingerprint density at radius 2 is 1.92 bits per heavy atom. The number of benzene rings is 2. The zero-order chi connectivity index (χ0) is 18.7. The fourth-order valence-corrected chi connectivity index (χ4v) is 3.13. The highest BCUT2D eigenvalue weighted by Gasteiger charge is 2.42. The van der Waals surface area contributed by atoms with Gasteiger partial charge < -0.3 is 14.4 Å². The first-order chi connectivity index (χ1) is 12.5. The Balaban J connectivity index is 1.82. The lowest BCUT2D eigenvalue weighted by atomic mass is 10.1. The van der Waals surface area contributed by atoms with Crippen LogP contribution in [0.2, 0.25) is 0 Å². The van der Waals surface area contributed by atoms with Gasteiger partial charge in [-0.1, -0.05) is 29.8 Å². The van der Waals surface area contributed by atoms with Crippen molar-refractivity contribution in [3.05, 3.63) is 65.5 Å². The van der Waals surface area contributed by atoms with Gasteiger partial charge in [-0.15, -0.1) is 0 Å². The van der Waals surface area contributed by atoms with Gasteiger partial charge >= 0.3 is 5.97 Å². The number of carbonyl (C=O) groups is 2. The molecule has 1 aliphatic heterocycles. The van der Waals surface area contributed by atoms with E-state index >= 15 is 0 Å². The second-order valence-corrected chi connectivity index (χ2v) is 6.27. The van der Waals surface area contributed by atoms with Gasteiger partial charge in [0.05, 0.1) is 13.7 Å². The molecule has 0 spiro atoms. The van der Waals surface area contributed by atoms with Gasteiger partial charge in [0.2, 0.25) is 0 Å². The molecule has 1 amide bonds. The maximum Gasteiger partial charge on any atom is 0.328 e. The SMILES string of the molecule is COC(=O)C1CC(Oc2ccccc2F)CN1C(=O)c1cccc(C)c1. The normalized spacial score (nSPS) is 19.3. The molecule has 2 atom stereocenters. The summed E-state index contributed by atoms with van der Waals surface area (Å²) in [6.07, 6.45) is -0.247. The van der Waals surface area contributed by atoms with Crippen molar-refractivity contribution < 1.29 is 23.5 Å². The molecular formula is C20H20FNO4. The standard InChI is InChI=1S/C20H20FNO4/c1-13-6-5-7-14(10-13)19(23)22-12-15(11-17(22)20(24)25-2)26-18-9-4-3-8-16(18)21/h3-10,15,17H,11-12H2,1-2H3. The number of esters is 1. The van der Waals surface area contributed by atoms with Crippen molar-refractivity contribution in [1.29, 1.82) is 0 Å². The Morgan fingerprint density at radius 3 is 2.62 bits per heavy atom. The van der Waals surface area contributed by atoms with Crippen molar-refractivity contribution >= 4 is 11.9 Å². The zero-order valence-corrected chi connectivity index (χ0v) is 14.6. The fraction of sp³-hybridized carbons (Fsp3) is 0.300. The maximum absolute atomic E-state index is 13.8. The molecule has 0 bridgehead atoms. The van der Waals surface area contributed by atoms with Gasteiger partial charge in [0.15, 0.2) is 11.6 Å². The molecular weight excluding hydrogens is 337 g/mol. The molecule has 1 fully saturated rings. The van der Waals surface area contributed by atoms with Crippen molar-refractivity contribution in [3.8, 4) is 5.75 Å². The van der Waals surface area contributed by atoms with Crippen molar-refractivity contribution in [2.45, 2.75) is 25.5 Å². The Kier molecular flexibility index (Phi) is 5.21. The van der Waals surface area contributed by atoms with E-state index in [1.165, 1.54) is 24.1 Å². The maximum atomic E-state index is 13.8. The lowest BCUT2D eigenvalue weighted by molar-refractivity contribution is -0.145. The summed E-state index contributed by atoms with van der Waals surface area (Å²) in [6, 6.07) is 12.5. The number of amides is 1. The van der Waals surface area contributed by atoms with Crippen molar-refractivity contribution in [3.63, 3.8) is 0 Å². The number of methoxy groups -OCH3 is 1. The van der Waals surface area contributed by atoms with Crippen LogP contribution in [0, 0.1) is 12.7 Å². The van der Waals surface area contributed by atoms with E-state index < -0.39 is 23.9 Å². The molecule has 0 aliphatic carbocycles. The summed E-state index contributed by atoms with van der Waals surface area (Å²) in [4.78, 5) is 26.5. The molecule has 2 unspecified atom stereocenters. The summed E-state index contributed by atoms with van der Waals surface area (Å²) in [6.45, 7) is 2.07. The molecule has 0 N–H and O–H groups in total. The summed E-state index contributed by atoms with van der Waals surface area (Å²) in [5.41, 5.74) is 1.44. The topological polar surface area (TPSA) is 55.8 Å². The quantitative estimate of drug-likeness (QED) is 0.790. The van der Waals surface area contributed by atoms with Crippen LogP contribution in [0.3, 0.4) is 0 Å². The Morgan fingerprint density at radius 1 is 1.15 bits per heavy atom. The van der Waals surface area contributed by atoms with Gasteiger partial charge in [-0.3, -0.25) is 4.79 Å². The van der Waals surface area contributed by atoms with Crippen LogP contribution in [-0.2, 0) is 9.53 Å². The number of para-hydroxylation sites is 1. The van der Waals surface area contributed by atoms with Crippen LogP contribution >= 0.6 is 0 Å². The summed E-state index contributed by atoms with van der Waals surface area (Å²) in [7, 11) is 1.28. The fourth-order valence-electron chi connectivity index (χ4n) is 3.13. The molecule has 2 aromatic rings. The van der Waals surface area contributed by atoms with Crippen LogP contribution in [0.15, 0.2) is 48.5 Å². The van der Waals surface area contributed by atoms with Crippen LogP contribution in [0.25, 0.3) is 0 Å². The average molecular weight is 357 g/mol. The Labute approximate surface area is 151 Å². The predicted octanol–water partition coefficient (Wildman–Crippen LogP) is 2.97. The molecule has 26 heavy (non-hydrogen) atoms. The number of likely N-dealkylation sites (tertiary alicyclic amines) is 1. The lowest BCUT2D eigenvalue weighted by Gasteiger charge is -2.22. The highest BCUT2D eigenvalue weighted by Crippen LogP contribution is 2.27. The monoisotopic (exact) mass is 357 g/mol. The zero-order valence-electron chi connectivity index (χ0n) is 14.6. The minimum Gasteiger partial charge on any atom is -0.485 e. The first-order valence-electron chi connectivity index (χ1n) is 8.36. The van der Waals surface area contributed by atoms with Crippen molar-refractivity contribution in [2.75, 3.05) is 13.7 Å². The Hall–Kier alpha value is -2.89. The second kappa shape index (κ2) is 7.56. The molecule has 1 heterocycles. The molecule has 0 aromatic heterocycles. The van der Waals surface area contributed by atoms with Crippen LogP contribution < -0.4 is 4.74 Å². The summed E-state index contributed by atoms with van der Waals surface area (Å²) < 4.78 is 24.4. The molecule has 5 nitrogen and oxygen atoms in total. The number of aryl methyl sites for hydroxylation is 1. The van der Waals surface area contributed by atoms with E-state index in [0.717, 1.165) is 5.56 Å². The largest absolute Gasteiger partial charge is 0.485 e. The molecule has 1 aliphatic rings. The molecule has 0 radical (unpaired) electrons. The van der Waals surface area contributed by atoms with E-state index in [4.69, 9.17) is 9.47 Å². The van der Waals surface area contributed by atoms with E-state index in [2.05, 4.69) is 0 Å². The lowest BCUT2D eigenvalue weighted by Crippen LogP contribution is -2.41. The van der Waals surface area contributed by atoms with Crippen LogP contribution in [0.5, 0.6) is 5.75 Å². The van der Waals surface area contributed by atoms with Gasteiger partial charge in [-0.2, -0.15) is 0 Å². The number of carbonyl (C=O) groups excluding carboxylic acids is 2. The van der Waals surface area contributed by atoms with Crippen LogP contribution in [0.4, 0.5) is 4.39 Å². The third-order valence-corrected chi connectivity index (χ3v) is 4.39. The highest BCUT2D eigenvalue weighted by atomic mass is 19.1. The van der Waals surface area contributed by atoms with E-state index in [9.17, 15) is 14.0 Å². The summed E-state index contributed by atoms with van der Waals surface area (Å²) in [5, 5.41) is 0. The van der Waals surface area contributed by atoms with Gasteiger partial charge in [0.1, 0.15) is 12.1 Å². The second-order valence-electron chi connectivity index (χ2n) is 6.27. The minimum atomic E-state index is -0.759. The van der Waals surface area contributed by atoms with E-state index in [1.807, 2.05) is 13.0 Å². The number of halogens is 1.